The highest BCUT2D eigenvalue weighted by Gasteiger charge is 2.41. The van der Waals surface area contributed by atoms with Gasteiger partial charge in [0.25, 0.3) is 15.9 Å². The lowest BCUT2D eigenvalue weighted by Gasteiger charge is -2.37. The van der Waals surface area contributed by atoms with Crippen molar-refractivity contribution < 1.29 is 13.2 Å². The van der Waals surface area contributed by atoms with E-state index in [0.717, 1.165) is 24.2 Å². The lowest BCUT2D eigenvalue weighted by atomic mass is 9.71. The molecule has 1 saturated heterocycles. The molecule has 3 N–H and O–H groups in total. The summed E-state index contributed by atoms with van der Waals surface area (Å²) in [6.07, 6.45) is 7.21. The molecule has 1 amide bonds. The van der Waals surface area contributed by atoms with Crippen LogP contribution < -0.4 is 15.4 Å². The molecule has 1 saturated carbocycles. The van der Waals surface area contributed by atoms with E-state index in [1.807, 2.05) is 6.07 Å². The molecular formula is C32H49N5O3S. The Kier molecular flexibility index (Phi) is 8.80. The van der Waals surface area contributed by atoms with E-state index in [2.05, 4.69) is 70.0 Å². The van der Waals surface area contributed by atoms with Crippen LogP contribution in [-0.4, -0.2) is 36.4 Å². The second-order valence-electron chi connectivity index (χ2n) is 14.2. The fourth-order valence-corrected chi connectivity index (χ4v) is 7.90. The summed E-state index contributed by atoms with van der Waals surface area (Å²) in [4.78, 5) is 25.4. The molecule has 226 valence electrons. The van der Waals surface area contributed by atoms with Gasteiger partial charge in [-0.2, -0.15) is 8.42 Å². The summed E-state index contributed by atoms with van der Waals surface area (Å²) < 4.78 is 28.8. The maximum Gasteiger partial charge on any atom is 0.281 e. The highest BCUT2D eigenvalue weighted by Crippen LogP contribution is 2.44. The van der Waals surface area contributed by atoms with Crippen molar-refractivity contribution in [2.75, 3.05) is 17.2 Å². The monoisotopic (exact) mass is 583 g/mol. The van der Waals surface area contributed by atoms with Gasteiger partial charge in [-0.25, -0.2) is 14.7 Å². The van der Waals surface area contributed by atoms with Crippen LogP contribution in [0.25, 0.3) is 0 Å². The first-order valence-corrected chi connectivity index (χ1v) is 16.6. The Morgan fingerprint density at radius 2 is 1.78 bits per heavy atom. The molecule has 9 heteroatoms. The van der Waals surface area contributed by atoms with Crippen molar-refractivity contribution in [1.29, 1.82) is 0 Å². The van der Waals surface area contributed by atoms with Gasteiger partial charge >= 0.3 is 0 Å². The molecule has 0 spiro atoms. The van der Waals surface area contributed by atoms with Gasteiger partial charge in [-0.3, -0.25) is 4.79 Å². The minimum atomic E-state index is -4.25. The van der Waals surface area contributed by atoms with Crippen LogP contribution in [0.2, 0.25) is 0 Å². The molecule has 2 fully saturated rings. The minimum absolute atomic E-state index is 0.0674. The topological polar surface area (TPSA) is 118 Å². The van der Waals surface area contributed by atoms with Crippen molar-refractivity contribution in [2.45, 2.75) is 116 Å². The first kappa shape index (κ1) is 31.3. The molecule has 1 aliphatic heterocycles. The highest BCUT2D eigenvalue weighted by atomic mass is 32.2. The lowest BCUT2D eigenvalue weighted by Crippen LogP contribution is -2.41. The Labute approximate surface area is 247 Å². The highest BCUT2D eigenvalue weighted by molar-refractivity contribution is 7.90. The number of hydrogen-bond acceptors (Lipinski definition) is 7. The van der Waals surface area contributed by atoms with Crippen molar-refractivity contribution >= 4 is 27.6 Å². The number of carbonyl (C=O) groups excluding carboxylic acids is 1. The Hall–Kier alpha value is -2.68. The smallest absolute Gasteiger partial charge is 0.281 e. The largest absolute Gasteiger partial charge is 0.384 e. The molecule has 3 atom stereocenters. The number of hydrogen-bond donors (Lipinski definition) is 2. The maximum atomic E-state index is 14.0. The number of nitrogen functional groups attached to an aromatic ring is 1. The van der Waals surface area contributed by atoms with E-state index in [0.29, 0.717) is 23.6 Å². The third-order valence-corrected chi connectivity index (χ3v) is 10.5. The van der Waals surface area contributed by atoms with E-state index < -0.39 is 15.9 Å². The van der Waals surface area contributed by atoms with Crippen LogP contribution in [0.15, 0.2) is 29.3 Å². The number of carbonyl (C=O) groups is 1. The van der Waals surface area contributed by atoms with Crippen LogP contribution in [0.3, 0.4) is 0 Å². The Bertz CT molecular complexity index is 1380. The number of anilines is 2. The van der Waals surface area contributed by atoms with E-state index >= 15 is 0 Å². The average Bonchev–Trinajstić information content (AvgIpc) is 3.18. The molecule has 4 rings (SSSR count). The van der Waals surface area contributed by atoms with Crippen molar-refractivity contribution in [3.8, 4) is 0 Å². The SMILES string of the molecule is CC(c1cc(C(=O)NS(=O)(=O)c2cccc(N)n2)c(N2C[C@@H](C)CC2(C)C)nc1C(C)(C)C)C(C)C1CCCCC1. The van der Waals surface area contributed by atoms with Crippen molar-refractivity contribution in [3.63, 3.8) is 0 Å². The molecule has 8 nitrogen and oxygen atoms in total. The molecule has 3 heterocycles. The second kappa shape index (κ2) is 11.5. The molecule has 2 unspecified atom stereocenters. The zero-order valence-corrected chi connectivity index (χ0v) is 26.9. The average molecular weight is 584 g/mol. The van der Waals surface area contributed by atoms with Gasteiger partial charge in [-0.05, 0) is 67.7 Å². The molecular weight excluding hydrogens is 534 g/mol. The molecule has 2 aromatic heterocycles. The summed E-state index contributed by atoms with van der Waals surface area (Å²) in [5.74, 6) is 1.49. The van der Waals surface area contributed by atoms with Gasteiger partial charge in [-0.1, -0.05) is 79.7 Å². The van der Waals surface area contributed by atoms with Crippen molar-refractivity contribution in [1.82, 2.24) is 14.7 Å². The summed E-state index contributed by atoms with van der Waals surface area (Å²) in [7, 11) is -4.25. The summed E-state index contributed by atoms with van der Waals surface area (Å²) >= 11 is 0. The number of nitrogens with two attached hydrogens (primary N) is 1. The second-order valence-corrected chi connectivity index (χ2v) is 15.8. The number of nitrogens with one attached hydrogen (secondary N) is 1. The maximum absolute atomic E-state index is 14.0. The molecule has 0 aromatic carbocycles. The summed E-state index contributed by atoms with van der Waals surface area (Å²) in [5, 5.41) is -0.290. The van der Waals surface area contributed by atoms with E-state index in [4.69, 9.17) is 10.7 Å². The Morgan fingerprint density at radius 3 is 2.34 bits per heavy atom. The van der Waals surface area contributed by atoms with Crippen LogP contribution in [0.4, 0.5) is 11.6 Å². The standard InChI is InChI=1S/C32H49N5O3S/c1-20-18-32(7,8)37(19-20)29-25(30(38)36-41(39,40)27-16-12-15-26(33)34-27)17-24(28(35-29)31(4,5)6)22(3)21(2)23-13-10-9-11-14-23/h12,15-17,20-23H,9-11,13-14,18-19H2,1-8H3,(H2,33,34)(H,36,38)/t20-,21?,22?/m0/s1. The van der Waals surface area contributed by atoms with E-state index in [1.165, 1.54) is 50.3 Å². The van der Waals surface area contributed by atoms with Crippen molar-refractivity contribution in [2.24, 2.45) is 17.8 Å². The number of sulfonamides is 1. The van der Waals surface area contributed by atoms with Crippen molar-refractivity contribution in [3.05, 3.63) is 41.1 Å². The molecule has 2 aliphatic rings. The van der Waals surface area contributed by atoms with Gasteiger partial charge in [0.15, 0.2) is 5.03 Å². The fourth-order valence-electron chi connectivity index (χ4n) is 6.96. The van der Waals surface area contributed by atoms with Gasteiger partial charge in [0.2, 0.25) is 0 Å². The first-order valence-electron chi connectivity index (χ1n) is 15.1. The Balaban J connectivity index is 1.86. The zero-order chi connectivity index (χ0) is 30.3. The zero-order valence-electron chi connectivity index (χ0n) is 26.1. The van der Waals surface area contributed by atoms with Crippen LogP contribution >= 0.6 is 0 Å². The normalized spacial score (nSPS) is 21.5. The van der Waals surface area contributed by atoms with E-state index in [9.17, 15) is 13.2 Å². The molecule has 2 aromatic rings. The van der Waals surface area contributed by atoms with Gasteiger partial charge in [0, 0.05) is 17.5 Å². The van der Waals surface area contributed by atoms with Crippen LogP contribution in [0.5, 0.6) is 0 Å². The fraction of sp³-hybridized carbons (Fsp3) is 0.656. The third kappa shape index (κ3) is 6.71. The molecule has 41 heavy (non-hydrogen) atoms. The predicted molar refractivity (Wildman–Crippen MR) is 166 cm³/mol. The van der Waals surface area contributed by atoms with Gasteiger partial charge < -0.3 is 10.6 Å². The van der Waals surface area contributed by atoms with Gasteiger partial charge in [0.05, 0.1) is 11.3 Å². The van der Waals surface area contributed by atoms with Crippen LogP contribution in [0, 0.1) is 17.8 Å². The first-order chi connectivity index (χ1) is 19.0. The summed E-state index contributed by atoms with van der Waals surface area (Å²) in [6.45, 7) is 18.3. The number of amides is 1. The van der Waals surface area contributed by atoms with E-state index in [-0.39, 0.29) is 33.3 Å². The molecule has 0 bridgehead atoms. The number of rotatable bonds is 7. The molecule has 0 radical (unpaired) electrons. The van der Waals surface area contributed by atoms with Gasteiger partial charge in [0.1, 0.15) is 11.6 Å². The van der Waals surface area contributed by atoms with Gasteiger partial charge in [-0.15, -0.1) is 0 Å². The van der Waals surface area contributed by atoms with Crippen LogP contribution in [0.1, 0.15) is 121 Å². The quantitative estimate of drug-likeness (QED) is 0.386. The molecule has 1 aliphatic carbocycles. The Morgan fingerprint density at radius 1 is 1.12 bits per heavy atom. The summed E-state index contributed by atoms with van der Waals surface area (Å²) in [5.41, 5.74) is 7.50. The number of aromatic nitrogens is 2. The lowest BCUT2D eigenvalue weighted by molar-refractivity contribution is 0.0981. The minimum Gasteiger partial charge on any atom is -0.384 e. The third-order valence-electron chi connectivity index (χ3n) is 9.24. The van der Waals surface area contributed by atoms with Crippen LogP contribution in [-0.2, 0) is 15.4 Å². The number of nitrogens with zero attached hydrogens (tertiary/aromatic N) is 3. The number of pyridine rings is 2. The predicted octanol–water partition coefficient (Wildman–Crippen LogP) is 6.42. The van der Waals surface area contributed by atoms with E-state index in [1.54, 1.807) is 0 Å². The summed E-state index contributed by atoms with van der Waals surface area (Å²) in [6, 6.07) is 6.28.